The third kappa shape index (κ3) is 6.52. The van der Waals surface area contributed by atoms with Crippen LogP contribution in [-0.2, 0) is 9.59 Å². The first-order valence-corrected chi connectivity index (χ1v) is 8.24. The van der Waals surface area contributed by atoms with E-state index in [0.717, 1.165) is 6.07 Å². The van der Waals surface area contributed by atoms with E-state index in [9.17, 15) is 18.8 Å². The Bertz CT molecular complexity index is 644. The van der Waals surface area contributed by atoms with Crippen LogP contribution in [0.15, 0.2) is 18.2 Å². The van der Waals surface area contributed by atoms with Crippen molar-refractivity contribution in [3.05, 3.63) is 29.6 Å². The van der Waals surface area contributed by atoms with Gasteiger partial charge in [-0.3, -0.25) is 14.4 Å². The standard InChI is InChI=1S/C18H25FN2O4/c1-11(2)9-16(22)20-15-6-5-13(10-14(15)19)18(25)21(12(3)4)8-7-17(23)24/h5-6,10-12H,7-9H2,1-4H3,(H,20,22)(H,23,24). The second kappa shape index (κ2) is 9.15. The average Bonchev–Trinajstić information content (AvgIpc) is 2.47. The monoisotopic (exact) mass is 352 g/mol. The zero-order valence-electron chi connectivity index (χ0n) is 15.0. The van der Waals surface area contributed by atoms with Crippen molar-refractivity contribution in [2.45, 2.75) is 46.6 Å². The summed E-state index contributed by atoms with van der Waals surface area (Å²) in [6.07, 6.45) is 0.0895. The topological polar surface area (TPSA) is 86.7 Å². The number of hydrogen-bond donors (Lipinski definition) is 2. The molecule has 2 N–H and O–H groups in total. The zero-order chi connectivity index (χ0) is 19.1. The maximum absolute atomic E-state index is 14.2. The Hall–Kier alpha value is -2.44. The van der Waals surface area contributed by atoms with Crippen LogP contribution in [0.5, 0.6) is 0 Å². The van der Waals surface area contributed by atoms with E-state index in [4.69, 9.17) is 5.11 Å². The number of amides is 2. The van der Waals surface area contributed by atoms with Crippen molar-refractivity contribution < 1.29 is 23.9 Å². The summed E-state index contributed by atoms with van der Waals surface area (Å²) >= 11 is 0. The third-order valence-electron chi connectivity index (χ3n) is 3.53. The van der Waals surface area contributed by atoms with Gasteiger partial charge in [0.2, 0.25) is 5.91 Å². The highest BCUT2D eigenvalue weighted by molar-refractivity contribution is 5.96. The fourth-order valence-electron chi connectivity index (χ4n) is 2.30. The van der Waals surface area contributed by atoms with Gasteiger partial charge in [-0.1, -0.05) is 13.8 Å². The van der Waals surface area contributed by atoms with Crippen molar-refractivity contribution in [1.82, 2.24) is 4.90 Å². The fraction of sp³-hybridized carbons (Fsp3) is 0.500. The molecule has 0 unspecified atom stereocenters. The molecule has 0 heterocycles. The summed E-state index contributed by atoms with van der Waals surface area (Å²) in [6.45, 7) is 7.33. The molecule has 1 aromatic carbocycles. The Morgan fingerprint density at radius 2 is 1.84 bits per heavy atom. The fourth-order valence-corrected chi connectivity index (χ4v) is 2.30. The van der Waals surface area contributed by atoms with Crippen LogP contribution in [0.25, 0.3) is 0 Å². The predicted molar refractivity (Wildman–Crippen MR) is 92.9 cm³/mol. The molecule has 0 aliphatic carbocycles. The van der Waals surface area contributed by atoms with Gasteiger partial charge in [-0.05, 0) is 38.0 Å². The summed E-state index contributed by atoms with van der Waals surface area (Å²) in [5.41, 5.74) is 0.127. The summed E-state index contributed by atoms with van der Waals surface area (Å²) in [5, 5.41) is 11.3. The Kier molecular flexibility index (Phi) is 7.54. The molecular formula is C18H25FN2O4. The van der Waals surface area contributed by atoms with Crippen LogP contribution in [0.2, 0.25) is 0 Å². The molecular weight excluding hydrogens is 327 g/mol. The molecule has 0 aromatic heterocycles. The molecule has 2 amide bonds. The molecule has 25 heavy (non-hydrogen) atoms. The molecule has 0 spiro atoms. The minimum absolute atomic E-state index is 0.0174. The van der Waals surface area contributed by atoms with Crippen molar-refractivity contribution in [2.75, 3.05) is 11.9 Å². The normalized spacial score (nSPS) is 10.8. The number of benzene rings is 1. The maximum Gasteiger partial charge on any atom is 0.305 e. The number of carboxylic acid groups (broad SMARTS) is 1. The minimum Gasteiger partial charge on any atom is -0.481 e. The number of nitrogens with one attached hydrogen (secondary N) is 1. The van der Waals surface area contributed by atoms with E-state index in [-0.39, 0.29) is 48.5 Å². The van der Waals surface area contributed by atoms with E-state index in [1.165, 1.54) is 17.0 Å². The number of rotatable bonds is 8. The molecule has 138 valence electrons. The van der Waals surface area contributed by atoms with Gasteiger partial charge >= 0.3 is 5.97 Å². The van der Waals surface area contributed by atoms with Gasteiger partial charge in [0.25, 0.3) is 5.91 Å². The van der Waals surface area contributed by atoms with Crippen molar-refractivity contribution in [3.8, 4) is 0 Å². The van der Waals surface area contributed by atoms with Crippen molar-refractivity contribution in [3.63, 3.8) is 0 Å². The number of carbonyl (C=O) groups excluding carboxylic acids is 2. The lowest BCUT2D eigenvalue weighted by molar-refractivity contribution is -0.137. The van der Waals surface area contributed by atoms with Crippen LogP contribution < -0.4 is 5.32 Å². The Balaban J connectivity index is 2.91. The summed E-state index contributed by atoms with van der Waals surface area (Å²) in [4.78, 5) is 36.3. The molecule has 0 bridgehead atoms. The second-order valence-corrected chi connectivity index (χ2v) is 6.58. The van der Waals surface area contributed by atoms with Gasteiger partial charge in [0.15, 0.2) is 0 Å². The van der Waals surface area contributed by atoms with E-state index in [2.05, 4.69) is 5.32 Å². The van der Waals surface area contributed by atoms with Crippen molar-refractivity contribution in [2.24, 2.45) is 5.92 Å². The smallest absolute Gasteiger partial charge is 0.305 e. The molecule has 0 fully saturated rings. The first-order chi connectivity index (χ1) is 11.6. The highest BCUT2D eigenvalue weighted by atomic mass is 19.1. The van der Waals surface area contributed by atoms with E-state index in [0.29, 0.717) is 0 Å². The first kappa shape index (κ1) is 20.6. The highest BCUT2D eigenvalue weighted by Gasteiger charge is 2.21. The van der Waals surface area contributed by atoms with E-state index < -0.39 is 17.7 Å². The van der Waals surface area contributed by atoms with Gasteiger partial charge in [-0.25, -0.2) is 4.39 Å². The summed E-state index contributed by atoms with van der Waals surface area (Å²) in [7, 11) is 0. The molecule has 0 aliphatic heterocycles. The largest absolute Gasteiger partial charge is 0.481 e. The number of anilines is 1. The molecule has 0 atom stereocenters. The van der Waals surface area contributed by atoms with Crippen LogP contribution >= 0.6 is 0 Å². The van der Waals surface area contributed by atoms with Gasteiger partial charge in [-0.2, -0.15) is 0 Å². The molecule has 1 aromatic rings. The number of carbonyl (C=O) groups is 3. The molecule has 6 nitrogen and oxygen atoms in total. The average molecular weight is 352 g/mol. The number of nitrogens with zero attached hydrogens (tertiary/aromatic N) is 1. The van der Waals surface area contributed by atoms with Gasteiger partial charge in [-0.15, -0.1) is 0 Å². The zero-order valence-corrected chi connectivity index (χ0v) is 15.0. The highest BCUT2D eigenvalue weighted by Crippen LogP contribution is 2.19. The van der Waals surface area contributed by atoms with Crippen LogP contribution in [0.1, 0.15) is 50.9 Å². The second-order valence-electron chi connectivity index (χ2n) is 6.58. The summed E-state index contributed by atoms with van der Waals surface area (Å²) in [6, 6.07) is 3.60. The molecule has 1 rings (SSSR count). The molecule has 0 aliphatic rings. The van der Waals surface area contributed by atoms with Crippen molar-refractivity contribution in [1.29, 1.82) is 0 Å². The maximum atomic E-state index is 14.2. The van der Waals surface area contributed by atoms with Crippen LogP contribution in [0.4, 0.5) is 10.1 Å². The first-order valence-electron chi connectivity index (χ1n) is 8.24. The van der Waals surface area contributed by atoms with E-state index in [1.54, 1.807) is 13.8 Å². The van der Waals surface area contributed by atoms with Crippen molar-refractivity contribution >= 4 is 23.5 Å². The number of halogens is 1. The predicted octanol–water partition coefficient (Wildman–Crippen LogP) is 3.14. The van der Waals surface area contributed by atoms with Gasteiger partial charge < -0.3 is 15.3 Å². The quantitative estimate of drug-likeness (QED) is 0.752. The Morgan fingerprint density at radius 1 is 1.20 bits per heavy atom. The van der Waals surface area contributed by atoms with E-state index >= 15 is 0 Å². The van der Waals surface area contributed by atoms with Gasteiger partial charge in [0, 0.05) is 24.6 Å². The van der Waals surface area contributed by atoms with E-state index in [1.807, 2.05) is 13.8 Å². The third-order valence-corrected chi connectivity index (χ3v) is 3.53. The van der Waals surface area contributed by atoms with Crippen LogP contribution in [0, 0.1) is 11.7 Å². The summed E-state index contributed by atoms with van der Waals surface area (Å²) < 4.78 is 14.2. The lowest BCUT2D eigenvalue weighted by Gasteiger charge is -2.26. The van der Waals surface area contributed by atoms with Crippen LogP contribution in [0.3, 0.4) is 0 Å². The van der Waals surface area contributed by atoms with Gasteiger partial charge in [0.1, 0.15) is 5.82 Å². The lowest BCUT2D eigenvalue weighted by Crippen LogP contribution is -2.38. The number of carboxylic acids is 1. The molecule has 0 saturated carbocycles. The lowest BCUT2D eigenvalue weighted by atomic mass is 10.1. The number of aliphatic carboxylic acids is 1. The number of hydrogen-bond acceptors (Lipinski definition) is 3. The summed E-state index contributed by atoms with van der Waals surface area (Å²) in [5.74, 6) is -2.30. The SMILES string of the molecule is CC(C)CC(=O)Nc1ccc(C(=O)N(CCC(=O)O)C(C)C)cc1F. The van der Waals surface area contributed by atoms with Crippen LogP contribution in [-0.4, -0.2) is 40.4 Å². The minimum atomic E-state index is -1.01. The van der Waals surface area contributed by atoms with Gasteiger partial charge in [0.05, 0.1) is 12.1 Å². The Morgan fingerprint density at radius 3 is 2.32 bits per heavy atom. The molecule has 7 heteroatoms. The molecule has 0 radical (unpaired) electrons. The molecule has 0 saturated heterocycles. The Labute approximate surface area is 147 Å².